The topological polar surface area (TPSA) is 75.4 Å². The van der Waals surface area contributed by atoms with Gasteiger partial charge in [-0.25, -0.2) is 4.79 Å². The van der Waals surface area contributed by atoms with E-state index < -0.39 is 5.97 Å². The lowest BCUT2D eigenvalue weighted by molar-refractivity contribution is 0.0697. The Labute approximate surface area is 128 Å². The summed E-state index contributed by atoms with van der Waals surface area (Å²) in [5.41, 5.74) is 3.13. The standard InChI is InChI=1S/C15H11BrN2O3/c1-8-6-10(16)3-5-11(8)17-15-18-12-4-2-9(14(19)20)7-13(12)21-15/h2-7H,1H3,(H,17,18)(H,19,20). The lowest BCUT2D eigenvalue weighted by atomic mass is 10.2. The van der Waals surface area contributed by atoms with Crippen LogP contribution in [0.25, 0.3) is 11.1 Å². The highest BCUT2D eigenvalue weighted by Crippen LogP contribution is 2.26. The van der Waals surface area contributed by atoms with Crippen LogP contribution in [-0.2, 0) is 0 Å². The molecule has 0 aliphatic carbocycles. The molecule has 0 saturated heterocycles. The number of carboxylic acids is 1. The van der Waals surface area contributed by atoms with Gasteiger partial charge in [0.25, 0.3) is 6.01 Å². The summed E-state index contributed by atoms with van der Waals surface area (Å²) < 4.78 is 6.55. The van der Waals surface area contributed by atoms with Gasteiger partial charge >= 0.3 is 5.97 Å². The van der Waals surface area contributed by atoms with Crippen molar-refractivity contribution in [2.75, 3.05) is 5.32 Å². The molecule has 5 nitrogen and oxygen atoms in total. The van der Waals surface area contributed by atoms with Gasteiger partial charge in [-0.15, -0.1) is 0 Å². The number of aryl methyl sites for hydroxylation is 1. The second kappa shape index (κ2) is 5.21. The van der Waals surface area contributed by atoms with Crippen LogP contribution in [0.5, 0.6) is 0 Å². The average Bonchev–Trinajstić information content (AvgIpc) is 2.83. The van der Waals surface area contributed by atoms with Crippen molar-refractivity contribution in [3.8, 4) is 0 Å². The molecule has 0 bridgehead atoms. The van der Waals surface area contributed by atoms with E-state index in [4.69, 9.17) is 9.52 Å². The summed E-state index contributed by atoms with van der Waals surface area (Å²) in [6.07, 6.45) is 0. The molecule has 1 heterocycles. The van der Waals surface area contributed by atoms with E-state index in [2.05, 4.69) is 26.2 Å². The van der Waals surface area contributed by atoms with Crippen molar-refractivity contribution in [3.05, 3.63) is 52.0 Å². The van der Waals surface area contributed by atoms with Gasteiger partial charge in [-0.3, -0.25) is 0 Å². The number of anilines is 2. The summed E-state index contributed by atoms with van der Waals surface area (Å²) in [4.78, 5) is 15.2. The number of oxazole rings is 1. The van der Waals surface area contributed by atoms with Crippen LogP contribution in [0.4, 0.5) is 11.7 Å². The van der Waals surface area contributed by atoms with Gasteiger partial charge in [0, 0.05) is 10.2 Å². The Kier molecular flexibility index (Phi) is 3.39. The maximum atomic E-state index is 10.9. The van der Waals surface area contributed by atoms with E-state index in [0.717, 1.165) is 15.7 Å². The van der Waals surface area contributed by atoms with Gasteiger partial charge < -0.3 is 14.8 Å². The second-order valence-electron chi connectivity index (χ2n) is 4.59. The molecule has 106 valence electrons. The van der Waals surface area contributed by atoms with Crippen LogP contribution in [0.15, 0.2) is 45.3 Å². The first kappa shape index (κ1) is 13.6. The zero-order chi connectivity index (χ0) is 15.0. The molecule has 0 spiro atoms. The fraction of sp³-hybridized carbons (Fsp3) is 0.0667. The fourth-order valence-electron chi connectivity index (χ4n) is 1.99. The van der Waals surface area contributed by atoms with Crippen molar-refractivity contribution in [1.29, 1.82) is 0 Å². The smallest absolute Gasteiger partial charge is 0.335 e. The number of nitrogens with one attached hydrogen (secondary N) is 1. The highest BCUT2D eigenvalue weighted by Gasteiger charge is 2.10. The van der Waals surface area contributed by atoms with Gasteiger partial charge in [-0.05, 0) is 48.9 Å². The second-order valence-corrected chi connectivity index (χ2v) is 5.51. The monoisotopic (exact) mass is 346 g/mol. The van der Waals surface area contributed by atoms with Crippen LogP contribution in [0.3, 0.4) is 0 Å². The maximum Gasteiger partial charge on any atom is 0.335 e. The van der Waals surface area contributed by atoms with Crippen molar-refractivity contribution in [1.82, 2.24) is 4.98 Å². The predicted octanol–water partition coefficient (Wildman–Crippen LogP) is 4.34. The van der Waals surface area contributed by atoms with E-state index in [-0.39, 0.29) is 5.56 Å². The van der Waals surface area contributed by atoms with E-state index in [9.17, 15) is 4.79 Å². The minimum atomic E-state index is -0.994. The van der Waals surface area contributed by atoms with E-state index in [1.54, 1.807) is 6.07 Å². The molecule has 1 aromatic heterocycles. The Morgan fingerprint density at radius 1 is 1.29 bits per heavy atom. The molecular formula is C15H11BrN2O3. The molecule has 2 N–H and O–H groups in total. The molecule has 0 amide bonds. The van der Waals surface area contributed by atoms with Crippen molar-refractivity contribution in [3.63, 3.8) is 0 Å². The Bertz CT molecular complexity index is 842. The molecule has 0 atom stereocenters. The number of rotatable bonds is 3. The minimum Gasteiger partial charge on any atom is -0.478 e. The molecule has 3 rings (SSSR count). The number of aromatic carboxylic acids is 1. The first-order chi connectivity index (χ1) is 10.0. The molecule has 0 saturated carbocycles. The summed E-state index contributed by atoms with van der Waals surface area (Å²) >= 11 is 3.41. The highest BCUT2D eigenvalue weighted by atomic mass is 79.9. The number of nitrogens with zero attached hydrogens (tertiary/aromatic N) is 1. The normalized spacial score (nSPS) is 10.8. The number of aromatic nitrogens is 1. The Balaban J connectivity index is 1.95. The van der Waals surface area contributed by atoms with Crippen molar-refractivity contribution < 1.29 is 14.3 Å². The van der Waals surface area contributed by atoms with Crippen molar-refractivity contribution in [2.45, 2.75) is 6.92 Å². The molecule has 0 radical (unpaired) electrons. The number of hydrogen-bond donors (Lipinski definition) is 2. The molecule has 0 fully saturated rings. The molecule has 21 heavy (non-hydrogen) atoms. The zero-order valence-corrected chi connectivity index (χ0v) is 12.6. The van der Waals surface area contributed by atoms with Gasteiger partial charge in [-0.1, -0.05) is 15.9 Å². The molecule has 0 unspecified atom stereocenters. The summed E-state index contributed by atoms with van der Waals surface area (Å²) in [6.45, 7) is 1.97. The molecular weight excluding hydrogens is 336 g/mol. The van der Waals surface area contributed by atoms with Gasteiger partial charge in [0.2, 0.25) is 0 Å². The van der Waals surface area contributed by atoms with Crippen LogP contribution in [0, 0.1) is 6.92 Å². The summed E-state index contributed by atoms with van der Waals surface area (Å²) in [6, 6.07) is 10.7. The van der Waals surface area contributed by atoms with Crippen molar-refractivity contribution >= 4 is 44.7 Å². The third-order valence-electron chi connectivity index (χ3n) is 3.07. The first-order valence-corrected chi connectivity index (χ1v) is 6.99. The Morgan fingerprint density at radius 3 is 2.81 bits per heavy atom. The molecule has 0 aliphatic heterocycles. The van der Waals surface area contributed by atoms with Crippen LogP contribution in [-0.4, -0.2) is 16.1 Å². The third-order valence-corrected chi connectivity index (χ3v) is 3.56. The number of carbonyl (C=O) groups is 1. The predicted molar refractivity (Wildman–Crippen MR) is 83.1 cm³/mol. The number of hydrogen-bond acceptors (Lipinski definition) is 4. The SMILES string of the molecule is Cc1cc(Br)ccc1Nc1nc2ccc(C(=O)O)cc2o1. The fourth-order valence-corrected chi connectivity index (χ4v) is 2.47. The van der Waals surface area contributed by atoms with E-state index in [1.165, 1.54) is 12.1 Å². The molecule has 3 aromatic rings. The number of benzene rings is 2. The third kappa shape index (κ3) is 2.75. The number of halogens is 1. The number of fused-ring (bicyclic) bond motifs is 1. The van der Waals surface area contributed by atoms with Gasteiger partial charge in [0.05, 0.1) is 5.56 Å². The highest BCUT2D eigenvalue weighted by molar-refractivity contribution is 9.10. The Morgan fingerprint density at radius 2 is 2.10 bits per heavy atom. The minimum absolute atomic E-state index is 0.171. The quantitative estimate of drug-likeness (QED) is 0.737. The largest absolute Gasteiger partial charge is 0.478 e. The van der Waals surface area contributed by atoms with Crippen LogP contribution in [0.2, 0.25) is 0 Å². The van der Waals surface area contributed by atoms with E-state index in [1.807, 2.05) is 25.1 Å². The van der Waals surface area contributed by atoms with Gasteiger partial charge in [0.15, 0.2) is 5.58 Å². The Hall–Kier alpha value is -2.34. The maximum absolute atomic E-state index is 10.9. The molecule has 6 heteroatoms. The van der Waals surface area contributed by atoms with Crippen LogP contribution < -0.4 is 5.32 Å². The van der Waals surface area contributed by atoms with Crippen molar-refractivity contribution in [2.24, 2.45) is 0 Å². The summed E-state index contributed by atoms with van der Waals surface area (Å²) in [5, 5.41) is 12.1. The van der Waals surface area contributed by atoms with E-state index in [0.29, 0.717) is 17.1 Å². The molecule has 2 aromatic carbocycles. The average molecular weight is 347 g/mol. The summed E-state index contributed by atoms with van der Waals surface area (Å²) in [7, 11) is 0. The summed E-state index contributed by atoms with van der Waals surface area (Å²) in [5.74, 6) is -0.994. The lowest BCUT2D eigenvalue weighted by Crippen LogP contribution is -1.94. The zero-order valence-electron chi connectivity index (χ0n) is 11.1. The van der Waals surface area contributed by atoms with Crippen LogP contribution >= 0.6 is 15.9 Å². The van der Waals surface area contributed by atoms with E-state index >= 15 is 0 Å². The lowest BCUT2D eigenvalue weighted by Gasteiger charge is -2.05. The van der Waals surface area contributed by atoms with Gasteiger partial charge in [-0.2, -0.15) is 4.98 Å². The first-order valence-electron chi connectivity index (χ1n) is 6.20. The van der Waals surface area contributed by atoms with Crippen LogP contribution in [0.1, 0.15) is 15.9 Å². The molecule has 0 aliphatic rings. The number of carboxylic acid groups (broad SMARTS) is 1. The van der Waals surface area contributed by atoms with Gasteiger partial charge in [0.1, 0.15) is 5.52 Å².